The highest BCUT2D eigenvalue weighted by Crippen LogP contribution is 2.18. The van der Waals surface area contributed by atoms with Gasteiger partial charge in [0.1, 0.15) is 5.15 Å². The van der Waals surface area contributed by atoms with Gasteiger partial charge in [-0.05, 0) is 36.8 Å². The predicted molar refractivity (Wildman–Crippen MR) is 114 cm³/mol. The number of carbonyl (C=O) groups is 1. The fraction of sp³-hybridized carbons (Fsp3) is 0.545. The standard InChI is InChI=1S/C22H30ClN3O2/c1-2-3-4-5-10-26(12-11-25-13-15-28-16-14-25)22(27)19-6-8-20-18(17-19)7-9-21(23)24-20/h6-9,17H,2-5,10-16H2,1H3. The Balaban J connectivity index is 1.69. The molecule has 1 aromatic carbocycles. The molecule has 2 aromatic rings. The smallest absolute Gasteiger partial charge is 0.253 e. The van der Waals surface area contributed by atoms with Crippen molar-refractivity contribution in [2.45, 2.75) is 32.6 Å². The maximum absolute atomic E-state index is 13.2. The van der Waals surface area contributed by atoms with E-state index >= 15 is 0 Å². The minimum Gasteiger partial charge on any atom is -0.379 e. The van der Waals surface area contributed by atoms with Crippen molar-refractivity contribution in [2.75, 3.05) is 45.9 Å². The second-order valence-corrected chi connectivity index (χ2v) is 7.74. The van der Waals surface area contributed by atoms with Crippen molar-refractivity contribution in [1.82, 2.24) is 14.8 Å². The van der Waals surface area contributed by atoms with Gasteiger partial charge in [-0.15, -0.1) is 0 Å². The lowest BCUT2D eigenvalue weighted by atomic mass is 10.1. The first-order valence-electron chi connectivity index (χ1n) is 10.3. The third-order valence-electron chi connectivity index (χ3n) is 5.26. The minimum atomic E-state index is 0.0987. The van der Waals surface area contributed by atoms with E-state index in [0.717, 1.165) is 69.7 Å². The number of carbonyl (C=O) groups excluding carboxylic acids is 1. The van der Waals surface area contributed by atoms with E-state index in [2.05, 4.69) is 16.8 Å². The maximum Gasteiger partial charge on any atom is 0.253 e. The number of hydrogen-bond donors (Lipinski definition) is 0. The molecule has 2 heterocycles. The van der Waals surface area contributed by atoms with Gasteiger partial charge in [-0.1, -0.05) is 37.8 Å². The van der Waals surface area contributed by atoms with Gasteiger partial charge in [0.2, 0.25) is 0 Å². The van der Waals surface area contributed by atoms with Crippen molar-refractivity contribution >= 4 is 28.4 Å². The van der Waals surface area contributed by atoms with Crippen LogP contribution in [0.3, 0.4) is 0 Å². The molecule has 1 fully saturated rings. The summed E-state index contributed by atoms with van der Waals surface area (Å²) in [5.41, 5.74) is 1.53. The van der Waals surface area contributed by atoms with Crippen LogP contribution < -0.4 is 0 Å². The number of benzene rings is 1. The van der Waals surface area contributed by atoms with Crippen LogP contribution in [-0.4, -0.2) is 66.6 Å². The zero-order chi connectivity index (χ0) is 19.8. The quantitative estimate of drug-likeness (QED) is 0.464. The number of morpholine rings is 1. The number of amides is 1. The van der Waals surface area contributed by atoms with Crippen LogP contribution >= 0.6 is 11.6 Å². The lowest BCUT2D eigenvalue weighted by molar-refractivity contribution is 0.0324. The molecule has 0 saturated carbocycles. The Morgan fingerprint density at radius 2 is 1.96 bits per heavy atom. The Bertz CT molecular complexity index is 777. The molecule has 28 heavy (non-hydrogen) atoms. The van der Waals surface area contributed by atoms with Gasteiger partial charge in [0, 0.05) is 43.7 Å². The maximum atomic E-state index is 13.2. The first-order chi connectivity index (χ1) is 13.7. The van der Waals surface area contributed by atoms with Crippen molar-refractivity contribution < 1.29 is 9.53 Å². The van der Waals surface area contributed by atoms with E-state index in [4.69, 9.17) is 16.3 Å². The zero-order valence-corrected chi connectivity index (χ0v) is 17.5. The summed E-state index contributed by atoms with van der Waals surface area (Å²) in [7, 11) is 0. The molecular weight excluding hydrogens is 374 g/mol. The average Bonchev–Trinajstić information content (AvgIpc) is 2.73. The van der Waals surface area contributed by atoms with Gasteiger partial charge in [-0.3, -0.25) is 9.69 Å². The summed E-state index contributed by atoms with van der Waals surface area (Å²) < 4.78 is 5.43. The largest absolute Gasteiger partial charge is 0.379 e. The molecule has 5 nitrogen and oxygen atoms in total. The van der Waals surface area contributed by atoms with Gasteiger partial charge in [0.15, 0.2) is 0 Å². The second-order valence-electron chi connectivity index (χ2n) is 7.35. The SMILES string of the molecule is CCCCCCN(CCN1CCOCC1)C(=O)c1ccc2nc(Cl)ccc2c1. The molecule has 0 bridgehead atoms. The van der Waals surface area contributed by atoms with Gasteiger partial charge in [0.05, 0.1) is 18.7 Å². The van der Waals surface area contributed by atoms with Crippen molar-refractivity contribution in [3.8, 4) is 0 Å². The summed E-state index contributed by atoms with van der Waals surface area (Å²) in [6.07, 6.45) is 4.63. The summed E-state index contributed by atoms with van der Waals surface area (Å²) in [4.78, 5) is 21.9. The van der Waals surface area contributed by atoms with Gasteiger partial charge >= 0.3 is 0 Å². The van der Waals surface area contributed by atoms with E-state index in [-0.39, 0.29) is 5.91 Å². The number of ether oxygens (including phenoxy) is 1. The first-order valence-corrected chi connectivity index (χ1v) is 10.7. The molecule has 0 spiro atoms. The third-order valence-corrected chi connectivity index (χ3v) is 5.47. The highest BCUT2D eigenvalue weighted by Gasteiger charge is 2.18. The molecular formula is C22H30ClN3O2. The number of hydrogen-bond acceptors (Lipinski definition) is 4. The van der Waals surface area contributed by atoms with Crippen LogP contribution in [0.2, 0.25) is 5.15 Å². The van der Waals surface area contributed by atoms with Crippen LogP contribution in [0.25, 0.3) is 10.9 Å². The molecule has 152 valence electrons. The van der Waals surface area contributed by atoms with Gasteiger partial charge in [0.25, 0.3) is 5.91 Å². The van der Waals surface area contributed by atoms with Crippen LogP contribution in [0.4, 0.5) is 0 Å². The lowest BCUT2D eigenvalue weighted by Gasteiger charge is -2.30. The summed E-state index contributed by atoms with van der Waals surface area (Å²) in [6.45, 7) is 8.11. The fourth-order valence-corrected chi connectivity index (χ4v) is 3.70. The summed E-state index contributed by atoms with van der Waals surface area (Å²) in [5.74, 6) is 0.0987. The summed E-state index contributed by atoms with van der Waals surface area (Å²) >= 11 is 5.97. The molecule has 0 aliphatic carbocycles. The van der Waals surface area contributed by atoms with Gasteiger partial charge < -0.3 is 9.64 Å². The number of unbranched alkanes of at least 4 members (excludes halogenated alkanes) is 3. The van der Waals surface area contributed by atoms with Crippen LogP contribution in [0.15, 0.2) is 30.3 Å². The summed E-state index contributed by atoms with van der Waals surface area (Å²) in [5, 5.41) is 1.41. The molecule has 0 atom stereocenters. The molecule has 1 aromatic heterocycles. The number of nitrogens with zero attached hydrogens (tertiary/aromatic N) is 3. The van der Waals surface area contributed by atoms with E-state index in [1.54, 1.807) is 6.07 Å². The predicted octanol–water partition coefficient (Wildman–Crippen LogP) is 4.24. The number of fused-ring (bicyclic) bond motifs is 1. The van der Waals surface area contributed by atoms with Crippen LogP contribution in [0.5, 0.6) is 0 Å². The van der Waals surface area contributed by atoms with E-state index in [0.29, 0.717) is 10.7 Å². The molecule has 1 aliphatic heterocycles. The average molecular weight is 404 g/mol. The molecule has 0 unspecified atom stereocenters. The van der Waals surface area contributed by atoms with Crippen molar-refractivity contribution in [3.63, 3.8) is 0 Å². The molecule has 1 amide bonds. The molecule has 0 radical (unpaired) electrons. The Morgan fingerprint density at radius 1 is 1.14 bits per heavy atom. The molecule has 6 heteroatoms. The van der Waals surface area contributed by atoms with Crippen molar-refractivity contribution in [2.24, 2.45) is 0 Å². The fourth-order valence-electron chi connectivity index (χ4n) is 3.55. The Morgan fingerprint density at radius 3 is 2.75 bits per heavy atom. The van der Waals surface area contributed by atoms with E-state index in [1.807, 2.05) is 29.2 Å². The summed E-state index contributed by atoms with van der Waals surface area (Å²) in [6, 6.07) is 9.35. The van der Waals surface area contributed by atoms with Crippen molar-refractivity contribution in [1.29, 1.82) is 0 Å². The topological polar surface area (TPSA) is 45.7 Å². The monoisotopic (exact) mass is 403 g/mol. The van der Waals surface area contributed by atoms with Crippen LogP contribution in [0, 0.1) is 0 Å². The van der Waals surface area contributed by atoms with Gasteiger partial charge in [-0.25, -0.2) is 4.98 Å². The lowest BCUT2D eigenvalue weighted by Crippen LogP contribution is -2.43. The third kappa shape index (κ3) is 5.90. The van der Waals surface area contributed by atoms with E-state index < -0.39 is 0 Å². The first kappa shape index (κ1) is 21.0. The number of rotatable bonds is 9. The Labute approximate surface area is 172 Å². The van der Waals surface area contributed by atoms with E-state index in [1.165, 1.54) is 12.8 Å². The Kier molecular flexibility index (Phi) is 8.07. The molecule has 3 rings (SSSR count). The number of aromatic nitrogens is 1. The number of halogens is 1. The highest BCUT2D eigenvalue weighted by atomic mass is 35.5. The minimum absolute atomic E-state index is 0.0987. The van der Waals surface area contributed by atoms with Crippen LogP contribution in [-0.2, 0) is 4.74 Å². The normalized spacial score (nSPS) is 15.1. The molecule has 0 N–H and O–H groups in total. The second kappa shape index (κ2) is 10.7. The van der Waals surface area contributed by atoms with E-state index in [9.17, 15) is 4.79 Å². The molecule has 1 saturated heterocycles. The van der Waals surface area contributed by atoms with Crippen molar-refractivity contribution in [3.05, 3.63) is 41.0 Å². The van der Waals surface area contributed by atoms with Gasteiger partial charge in [-0.2, -0.15) is 0 Å². The Hall–Kier alpha value is -1.69. The molecule has 1 aliphatic rings. The zero-order valence-electron chi connectivity index (χ0n) is 16.7. The highest BCUT2D eigenvalue weighted by molar-refractivity contribution is 6.29. The van der Waals surface area contributed by atoms with Crippen LogP contribution in [0.1, 0.15) is 43.0 Å². The number of pyridine rings is 1.